The van der Waals surface area contributed by atoms with Crippen LogP contribution in [0.1, 0.15) is 13.3 Å². The first-order valence-electron chi connectivity index (χ1n) is 6.63. The zero-order valence-corrected chi connectivity index (χ0v) is 12.6. The molecule has 0 radical (unpaired) electrons. The highest BCUT2D eigenvalue weighted by molar-refractivity contribution is 7.99. The Hall–Kier alpha value is -1.74. The molecule has 2 aromatic carbocycles. The summed E-state index contributed by atoms with van der Waals surface area (Å²) in [5.74, 6) is 0.544. The molecule has 0 aliphatic rings. The second kappa shape index (κ2) is 7.15. The molecule has 0 N–H and O–H groups in total. The third-order valence-electron chi connectivity index (χ3n) is 3.13. The Morgan fingerprint density at radius 1 is 1.20 bits per heavy atom. The van der Waals surface area contributed by atoms with E-state index in [0.29, 0.717) is 6.42 Å². The van der Waals surface area contributed by atoms with Crippen molar-refractivity contribution in [3.05, 3.63) is 54.1 Å². The summed E-state index contributed by atoms with van der Waals surface area (Å²) in [4.78, 5) is 12.7. The van der Waals surface area contributed by atoms with Gasteiger partial charge in [-0.05, 0) is 29.3 Å². The van der Waals surface area contributed by atoms with E-state index >= 15 is 0 Å². The Labute approximate surface area is 123 Å². The summed E-state index contributed by atoms with van der Waals surface area (Å²) in [6.07, 6.45) is 2.65. The summed E-state index contributed by atoms with van der Waals surface area (Å²) in [6, 6.07) is 14.7. The van der Waals surface area contributed by atoms with Crippen molar-refractivity contribution in [3.63, 3.8) is 0 Å². The number of hydrogen-bond acceptors (Lipinski definition) is 3. The molecule has 0 spiro atoms. The van der Waals surface area contributed by atoms with Crippen LogP contribution in [0.5, 0.6) is 0 Å². The minimum atomic E-state index is -0.230. The molecule has 0 unspecified atom stereocenters. The van der Waals surface area contributed by atoms with Gasteiger partial charge in [-0.3, -0.25) is 0 Å². The van der Waals surface area contributed by atoms with Crippen LogP contribution in [-0.2, 0) is 9.53 Å². The summed E-state index contributed by atoms with van der Waals surface area (Å²) in [5, 5.41) is 2.49. The molecule has 104 valence electrons. The maximum atomic E-state index is 11.5. The van der Waals surface area contributed by atoms with Crippen molar-refractivity contribution < 1.29 is 9.53 Å². The average Bonchev–Trinajstić information content (AvgIpc) is 2.50. The van der Waals surface area contributed by atoms with Crippen LogP contribution in [0, 0.1) is 0 Å². The van der Waals surface area contributed by atoms with E-state index in [1.165, 1.54) is 22.8 Å². The predicted molar refractivity (Wildman–Crippen MR) is 85.1 cm³/mol. The molecule has 0 fully saturated rings. The SMILES string of the molecule is CCC(=CCSc1ccc2ccccc2c1)C(=O)OC. The van der Waals surface area contributed by atoms with Crippen LogP contribution < -0.4 is 0 Å². The van der Waals surface area contributed by atoms with E-state index in [1.807, 2.05) is 25.1 Å². The number of rotatable bonds is 5. The lowest BCUT2D eigenvalue weighted by Gasteiger charge is -2.04. The minimum absolute atomic E-state index is 0.230. The van der Waals surface area contributed by atoms with Crippen molar-refractivity contribution in [2.24, 2.45) is 0 Å². The first-order valence-corrected chi connectivity index (χ1v) is 7.62. The van der Waals surface area contributed by atoms with Crippen LogP contribution in [-0.4, -0.2) is 18.8 Å². The molecule has 20 heavy (non-hydrogen) atoms. The molecule has 0 aromatic heterocycles. The van der Waals surface area contributed by atoms with Gasteiger partial charge in [-0.1, -0.05) is 43.3 Å². The van der Waals surface area contributed by atoms with Gasteiger partial charge in [0.1, 0.15) is 0 Å². The van der Waals surface area contributed by atoms with E-state index in [-0.39, 0.29) is 5.97 Å². The molecule has 0 amide bonds. The smallest absolute Gasteiger partial charge is 0.333 e. The molecule has 0 saturated carbocycles. The minimum Gasteiger partial charge on any atom is -0.466 e. The van der Waals surface area contributed by atoms with Crippen LogP contribution >= 0.6 is 11.8 Å². The molecule has 0 aliphatic heterocycles. The fraction of sp³-hybridized carbons (Fsp3) is 0.235. The maximum absolute atomic E-state index is 11.5. The van der Waals surface area contributed by atoms with E-state index in [2.05, 4.69) is 30.3 Å². The fourth-order valence-electron chi connectivity index (χ4n) is 2.00. The van der Waals surface area contributed by atoms with Crippen molar-refractivity contribution in [1.82, 2.24) is 0 Å². The standard InChI is InChI=1S/C17H18O2S/c1-3-13(17(18)19-2)10-11-20-16-9-8-14-6-4-5-7-15(14)12-16/h4-10,12H,3,11H2,1-2H3. The van der Waals surface area contributed by atoms with Crippen LogP contribution in [0.3, 0.4) is 0 Å². The molecule has 0 heterocycles. The first kappa shape index (κ1) is 14.7. The largest absolute Gasteiger partial charge is 0.466 e. The number of fused-ring (bicyclic) bond motifs is 1. The summed E-state index contributed by atoms with van der Waals surface area (Å²) >= 11 is 1.72. The monoisotopic (exact) mass is 286 g/mol. The summed E-state index contributed by atoms with van der Waals surface area (Å²) in [6.45, 7) is 1.96. The predicted octanol–water partition coefficient (Wildman–Crippen LogP) is 4.44. The van der Waals surface area contributed by atoms with Gasteiger partial charge in [0, 0.05) is 16.2 Å². The van der Waals surface area contributed by atoms with Gasteiger partial charge in [0.05, 0.1) is 7.11 Å². The van der Waals surface area contributed by atoms with Gasteiger partial charge in [0.2, 0.25) is 0 Å². The number of hydrogen-bond donors (Lipinski definition) is 0. The molecule has 2 rings (SSSR count). The highest BCUT2D eigenvalue weighted by Gasteiger charge is 2.06. The normalized spacial score (nSPS) is 11.6. The van der Waals surface area contributed by atoms with Crippen molar-refractivity contribution in [3.8, 4) is 0 Å². The highest BCUT2D eigenvalue weighted by atomic mass is 32.2. The Morgan fingerprint density at radius 2 is 1.95 bits per heavy atom. The Kier molecular flexibility index (Phi) is 5.24. The zero-order valence-electron chi connectivity index (χ0n) is 11.8. The van der Waals surface area contributed by atoms with E-state index < -0.39 is 0 Å². The Morgan fingerprint density at radius 3 is 2.65 bits per heavy atom. The van der Waals surface area contributed by atoms with Crippen molar-refractivity contribution in [2.45, 2.75) is 18.2 Å². The van der Waals surface area contributed by atoms with E-state index in [0.717, 1.165) is 11.3 Å². The summed E-state index contributed by atoms with van der Waals surface area (Å²) in [5.41, 5.74) is 0.737. The van der Waals surface area contributed by atoms with Gasteiger partial charge in [0.25, 0.3) is 0 Å². The molecular weight excluding hydrogens is 268 g/mol. The van der Waals surface area contributed by atoms with Crippen molar-refractivity contribution in [1.29, 1.82) is 0 Å². The van der Waals surface area contributed by atoms with Gasteiger partial charge < -0.3 is 4.74 Å². The van der Waals surface area contributed by atoms with Crippen molar-refractivity contribution >= 4 is 28.5 Å². The molecular formula is C17H18O2S. The molecule has 2 aromatic rings. The number of carbonyl (C=O) groups excluding carboxylic acids is 1. The van der Waals surface area contributed by atoms with Gasteiger partial charge in [-0.15, -0.1) is 11.8 Å². The molecule has 0 aliphatic carbocycles. The quantitative estimate of drug-likeness (QED) is 0.462. The molecule has 0 atom stereocenters. The van der Waals surface area contributed by atoms with Crippen molar-refractivity contribution in [2.75, 3.05) is 12.9 Å². The first-order chi connectivity index (χ1) is 9.74. The highest BCUT2D eigenvalue weighted by Crippen LogP contribution is 2.24. The Bertz CT molecular complexity index is 632. The maximum Gasteiger partial charge on any atom is 0.333 e. The van der Waals surface area contributed by atoms with E-state index in [1.54, 1.807) is 11.8 Å². The van der Waals surface area contributed by atoms with Crippen LogP contribution in [0.2, 0.25) is 0 Å². The lowest BCUT2D eigenvalue weighted by Crippen LogP contribution is -2.04. The second-order valence-corrected chi connectivity index (χ2v) is 5.49. The number of carbonyl (C=O) groups is 1. The number of benzene rings is 2. The van der Waals surface area contributed by atoms with Gasteiger partial charge in [-0.25, -0.2) is 4.79 Å². The number of methoxy groups -OCH3 is 1. The lowest BCUT2D eigenvalue weighted by atomic mass is 10.1. The summed E-state index contributed by atoms with van der Waals surface area (Å²) in [7, 11) is 1.42. The number of thioether (sulfide) groups is 1. The van der Waals surface area contributed by atoms with E-state index in [9.17, 15) is 4.79 Å². The fourth-order valence-corrected chi connectivity index (χ4v) is 2.85. The topological polar surface area (TPSA) is 26.3 Å². The second-order valence-electron chi connectivity index (χ2n) is 4.39. The zero-order chi connectivity index (χ0) is 14.4. The molecule has 3 heteroatoms. The van der Waals surface area contributed by atoms with Crippen LogP contribution in [0.4, 0.5) is 0 Å². The molecule has 0 saturated heterocycles. The van der Waals surface area contributed by atoms with Gasteiger partial charge >= 0.3 is 5.97 Å². The average molecular weight is 286 g/mol. The third kappa shape index (κ3) is 3.64. The van der Waals surface area contributed by atoms with E-state index in [4.69, 9.17) is 4.74 Å². The van der Waals surface area contributed by atoms with Crippen LogP contribution in [0.15, 0.2) is 59.0 Å². The third-order valence-corrected chi connectivity index (χ3v) is 4.05. The lowest BCUT2D eigenvalue weighted by molar-refractivity contribution is -0.136. The van der Waals surface area contributed by atoms with Gasteiger partial charge in [-0.2, -0.15) is 0 Å². The number of esters is 1. The van der Waals surface area contributed by atoms with Gasteiger partial charge in [0.15, 0.2) is 0 Å². The molecule has 0 bridgehead atoms. The number of ether oxygens (including phenoxy) is 1. The van der Waals surface area contributed by atoms with Crippen LogP contribution in [0.25, 0.3) is 10.8 Å². The molecule has 2 nitrogen and oxygen atoms in total. The Balaban J connectivity index is 2.05. The summed E-state index contributed by atoms with van der Waals surface area (Å²) < 4.78 is 4.75.